The van der Waals surface area contributed by atoms with Gasteiger partial charge in [0.15, 0.2) is 11.5 Å². The monoisotopic (exact) mass is 449 g/mol. The average molecular weight is 449 g/mol. The summed E-state index contributed by atoms with van der Waals surface area (Å²) in [5, 5.41) is 11.8. The largest absolute Gasteiger partial charge is 0.494 e. The minimum absolute atomic E-state index is 0.122. The van der Waals surface area contributed by atoms with Crippen molar-refractivity contribution in [1.29, 1.82) is 0 Å². The number of hydrogen-bond donors (Lipinski definition) is 2. The standard InChI is InChI=1S/C22H22F3N3O4/c1-31-17-9-16-18(32-21(28-16)13-6-4-12(11-29)5-7-13)10-15(17)27-20(30)19-14(22(23,24)25)3-2-8-26-19/h2-3,8-10,12-13,29H,4-7,11H2,1H3,(H,27,30). The number of carbonyl (C=O) groups excluding carboxylic acids is 1. The zero-order valence-corrected chi connectivity index (χ0v) is 17.3. The lowest BCUT2D eigenvalue weighted by Gasteiger charge is -2.24. The number of pyridine rings is 1. The number of ether oxygens (including phenoxy) is 1. The molecule has 1 fully saturated rings. The predicted octanol–water partition coefficient (Wildman–Crippen LogP) is 4.77. The van der Waals surface area contributed by atoms with E-state index in [-0.39, 0.29) is 24.0 Å². The van der Waals surface area contributed by atoms with Gasteiger partial charge in [-0.15, -0.1) is 0 Å². The van der Waals surface area contributed by atoms with E-state index in [4.69, 9.17) is 9.15 Å². The van der Waals surface area contributed by atoms with Gasteiger partial charge in [-0.2, -0.15) is 13.2 Å². The molecule has 7 nitrogen and oxygen atoms in total. The number of halogens is 3. The summed E-state index contributed by atoms with van der Waals surface area (Å²) in [5.74, 6) is 0.200. The van der Waals surface area contributed by atoms with Crippen LogP contribution in [0.15, 0.2) is 34.9 Å². The molecule has 1 aromatic carbocycles. The molecule has 1 saturated carbocycles. The Morgan fingerprint density at radius 1 is 1.28 bits per heavy atom. The number of amides is 1. The van der Waals surface area contributed by atoms with Crippen molar-refractivity contribution in [2.24, 2.45) is 5.92 Å². The second-order valence-corrected chi connectivity index (χ2v) is 7.82. The maximum absolute atomic E-state index is 13.2. The van der Waals surface area contributed by atoms with Crippen molar-refractivity contribution in [3.05, 3.63) is 47.6 Å². The van der Waals surface area contributed by atoms with Crippen molar-refractivity contribution >= 4 is 22.7 Å². The maximum Gasteiger partial charge on any atom is 0.418 e. The molecule has 32 heavy (non-hydrogen) atoms. The lowest BCUT2D eigenvalue weighted by atomic mass is 9.82. The van der Waals surface area contributed by atoms with Gasteiger partial charge in [-0.1, -0.05) is 0 Å². The minimum Gasteiger partial charge on any atom is -0.494 e. The van der Waals surface area contributed by atoms with Gasteiger partial charge in [0.1, 0.15) is 17.0 Å². The number of alkyl halides is 3. The van der Waals surface area contributed by atoms with Crippen LogP contribution in [-0.2, 0) is 6.18 Å². The van der Waals surface area contributed by atoms with Crippen LogP contribution in [0, 0.1) is 5.92 Å². The summed E-state index contributed by atoms with van der Waals surface area (Å²) in [5.41, 5.74) is -0.806. The van der Waals surface area contributed by atoms with E-state index in [1.807, 2.05) is 0 Å². The topological polar surface area (TPSA) is 97.5 Å². The van der Waals surface area contributed by atoms with E-state index in [1.54, 1.807) is 6.07 Å². The van der Waals surface area contributed by atoms with Crippen molar-refractivity contribution in [3.8, 4) is 5.75 Å². The van der Waals surface area contributed by atoms with Crippen LogP contribution in [0.4, 0.5) is 18.9 Å². The zero-order valence-electron chi connectivity index (χ0n) is 17.3. The molecule has 0 bridgehead atoms. The first-order valence-corrected chi connectivity index (χ1v) is 10.2. The normalized spacial score (nSPS) is 19.2. The highest BCUT2D eigenvalue weighted by atomic mass is 19.4. The molecule has 1 aliphatic carbocycles. The van der Waals surface area contributed by atoms with E-state index in [1.165, 1.54) is 13.2 Å². The van der Waals surface area contributed by atoms with Gasteiger partial charge in [0, 0.05) is 30.9 Å². The smallest absolute Gasteiger partial charge is 0.418 e. The molecule has 0 radical (unpaired) electrons. The highest BCUT2D eigenvalue weighted by Crippen LogP contribution is 2.38. The number of aliphatic hydroxyl groups excluding tert-OH is 1. The first kappa shape index (κ1) is 22.1. The van der Waals surface area contributed by atoms with Gasteiger partial charge in [-0.3, -0.25) is 9.78 Å². The van der Waals surface area contributed by atoms with E-state index in [2.05, 4.69) is 15.3 Å². The number of benzene rings is 1. The van der Waals surface area contributed by atoms with Crippen LogP contribution >= 0.6 is 0 Å². The number of anilines is 1. The number of fused-ring (bicyclic) bond motifs is 1. The van der Waals surface area contributed by atoms with E-state index in [0.29, 0.717) is 22.9 Å². The molecule has 0 saturated heterocycles. The number of nitrogens with zero attached hydrogens (tertiary/aromatic N) is 2. The third kappa shape index (κ3) is 4.40. The fourth-order valence-corrected chi connectivity index (χ4v) is 4.00. The Bertz CT molecular complexity index is 1120. The van der Waals surface area contributed by atoms with Gasteiger partial charge >= 0.3 is 6.18 Å². The Morgan fingerprint density at radius 2 is 2.03 bits per heavy atom. The quantitative estimate of drug-likeness (QED) is 0.583. The van der Waals surface area contributed by atoms with E-state index in [9.17, 15) is 23.1 Å². The first-order chi connectivity index (χ1) is 15.3. The van der Waals surface area contributed by atoms with Crippen LogP contribution in [-0.4, -0.2) is 34.7 Å². The Balaban J connectivity index is 1.61. The molecule has 0 unspecified atom stereocenters. The summed E-state index contributed by atoms with van der Waals surface area (Å²) in [6, 6.07) is 4.98. The molecule has 0 aliphatic heterocycles. The van der Waals surface area contributed by atoms with Gasteiger partial charge in [0.2, 0.25) is 0 Å². The Kier molecular flexibility index (Phi) is 6.05. The fraction of sp³-hybridized carbons (Fsp3) is 0.409. The van der Waals surface area contributed by atoms with E-state index in [0.717, 1.165) is 44.0 Å². The van der Waals surface area contributed by atoms with E-state index >= 15 is 0 Å². The number of aromatic nitrogens is 2. The summed E-state index contributed by atoms with van der Waals surface area (Å²) in [6.07, 6.45) is -0.133. The molecular weight excluding hydrogens is 427 g/mol. The second kappa shape index (κ2) is 8.78. The highest BCUT2D eigenvalue weighted by molar-refractivity contribution is 6.05. The third-order valence-corrected chi connectivity index (χ3v) is 5.76. The zero-order chi connectivity index (χ0) is 22.9. The van der Waals surface area contributed by atoms with Gasteiger partial charge in [-0.05, 0) is 43.7 Å². The Morgan fingerprint density at radius 3 is 2.69 bits per heavy atom. The summed E-state index contributed by atoms with van der Waals surface area (Å²) in [4.78, 5) is 20.8. The van der Waals surface area contributed by atoms with Crippen molar-refractivity contribution in [2.75, 3.05) is 19.0 Å². The molecule has 1 aliphatic rings. The van der Waals surface area contributed by atoms with Crippen LogP contribution in [0.1, 0.15) is 53.5 Å². The summed E-state index contributed by atoms with van der Waals surface area (Å²) in [7, 11) is 1.38. The molecule has 0 spiro atoms. The minimum atomic E-state index is -4.72. The number of nitrogens with one attached hydrogen (secondary N) is 1. The number of rotatable bonds is 5. The summed E-state index contributed by atoms with van der Waals surface area (Å²) in [6.45, 7) is 0.173. The lowest BCUT2D eigenvalue weighted by molar-refractivity contribution is -0.138. The Hall–Kier alpha value is -3.14. The molecule has 2 N–H and O–H groups in total. The number of oxazole rings is 1. The molecule has 2 aromatic heterocycles. The lowest BCUT2D eigenvalue weighted by Crippen LogP contribution is -2.20. The Labute approximate surface area is 181 Å². The van der Waals surface area contributed by atoms with Gasteiger partial charge in [-0.25, -0.2) is 4.98 Å². The van der Waals surface area contributed by atoms with Crippen LogP contribution in [0.25, 0.3) is 11.1 Å². The summed E-state index contributed by atoms with van der Waals surface area (Å²) < 4.78 is 50.9. The first-order valence-electron chi connectivity index (χ1n) is 10.2. The van der Waals surface area contributed by atoms with Crippen LogP contribution in [0.2, 0.25) is 0 Å². The van der Waals surface area contributed by atoms with E-state index < -0.39 is 23.3 Å². The number of carbonyl (C=O) groups is 1. The van der Waals surface area contributed by atoms with Crippen molar-refractivity contribution in [2.45, 2.75) is 37.8 Å². The molecule has 3 aromatic rings. The number of aliphatic hydroxyl groups is 1. The molecule has 4 rings (SSSR count). The SMILES string of the molecule is COc1cc2nc(C3CCC(CO)CC3)oc2cc1NC(=O)c1ncccc1C(F)(F)F. The van der Waals surface area contributed by atoms with Gasteiger partial charge in [0.25, 0.3) is 5.91 Å². The number of methoxy groups -OCH3 is 1. The maximum atomic E-state index is 13.2. The van der Waals surface area contributed by atoms with Crippen LogP contribution in [0.5, 0.6) is 5.75 Å². The number of hydrogen-bond acceptors (Lipinski definition) is 6. The van der Waals surface area contributed by atoms with Crippen LogP contribution < -0.4 is 10.1 Å². The predicted molar refractivity (Wildman–Crippen MR) is 110 cm³/mol. The molecular formula is C22H22F3N3O4. The van der Waals surface area contributed by atoms with Crippen molar-refractivity contribution in [3.63, 3.8) is 0 Å². The van der Waals surface area contributed by atoms with Crippen LogP contribution in [0.3, 0.4) is 0 Å². The average Bonchev–Trinajstić information content (AvgIpc) is 3.20. The second-order valence-electron chi connectivity index (χ2n) is 7.82. The van der Waals surface area contributed by atoms with Crippen molar-refractivity contribution < 1.29 is 32.2 Å². The molecule has 2 heterocycles. The van der Waals surface area contributed by atoms with Gasteiger partial charge < -0.3 is 19.6 Å². The van der Waals surface area contributed by atoms with Crippen molar-refractivity contribution in [1.82, 2.24) is 9.97 Å². The molecule has 0 atom stereocenters. The molecule has 1 amide bonds. The third-order valence-electron chi connectivity index (χ3n) is 5.76. The fourth-order valence-electron chi connectivity index (χ4n) is 4.00. The molecule has 170 valence electrons. The summed E-state index contributed by atoms with van der Waals surface area (Å²) >= 11 is 0. The molecule has 10 heteroatoms. The van der Waals surface area contributed by atoms with Gasteiger partial charge in [0.05, 0.1) is 18.4 Å². The highest BCUT2D eigenvalue weighted by Gasteiger charge is 2.36.